The van der Waals surface area contributed by atoms with Crippen LogP contribution >= 0.6 is 0 Å². The summed E-state index contributed by atoms with van der Waals surface area (Å²) in [5, 5.41) is 75.9. The first-order valence-corrected chi connectivity index (χ1v) is 26.4. The van der Waals surface area contributed by atoms with E-state index in [1.165, 1.54) is 122 Å². The number of aliphatic hydroxyl groups is 7. The second-order valence-electron chi connectivity index (χ2n) is 18.6. The van der Waals surface area contributed by atoms with E-state index in [1.807, 2.05) is 0 Å². The topological polar surface area (TPSA) is 189 Å². The fraction of sp³-hybridized carbons (Fsp3) is 0.868. The Morgan fingerprint density at radius 3 is 1.39 bits per heavy atom. The Bertz CT molecular complexity index is 1130. The van der Waals surface area contributed by atoms with Crippen LogP contribution in [0.1, 0.15) is 226 Å². The molecule has 9 unspecified atom stereocenters. The minimum absolute atomic E-state index is 0.244. The standard InChI is InChI=1S/C53H99NO10/c1-3-5-7-9-11-13-15-17-19-21-22-23-24-25-27-29-31-33-35-37-39-41-46(57)52(62)54-44(43-63-53-51(61)50(60)49(59)47(42-55)64-53)48(58)45(56)40-38-36-34-32-30-28-26-20-18-16-14-12-10-8-6-4-2/h20,24-26,32,34,44-51,53,55-61H,3-19,21-23,27-31,33,35-43H2,1-2H3,(H,54,62)/b25-24-,26-20+,34-32+. The third kappa shape index (κ3) is 31.3. The summed E-state index contributed by atoms with van der Waals surface area (Å²) >= 11 is 0. The van der Waals surface area contributed by atoms with Crippen molar-refractivity contribution in [2.75, 3.05) is 13.2 Å². The molecule has 0 aromatic rings. The van der Waals surface area contributed by atoms with Gasteiger partial charge in [0.2, 0.25) is 5.91 Å². The Labute approximate surface area is 390 Å². The van der Waals surface area contributed by atoms with E-state index >= 15 is 0 Å². The number of aliphatic hydroxyl groups excluding tert-OH is 7. The van der Waals surface area contributed by atoms with E-state index in [2.05, 4.69) is 55.6 Å². The van der Waals surface area contributed by atoms with Gasteiger partial charge in [-0.3, -0.25) is 4.79 Å². The average Bonchev–Trinajstić information content (AvgIpc) is 3.29. The molecule has 1 rings (SSSR count). The smallest absolute Gasteiger partial charge is 0.249 e. The number of unbranched alkanes of at least 4 members (excludes halogenated alkanes) is 26. The summed E-state index contributed by atoms with van der Waals surface area (Å²) in [7, 11) is 0. The summed E-state index contributed by atoms with van der Waals surface area (Å²) in [5.74, 6) is -0.715. The van der Waals surface area contributed by atoms with Crippen LogP contribution < -0.4 is 5.32 Å². The first-order chi connectivity index (χ1) is 31.2. The fourth-order valence-corrected chi connectivity index (χ4v) is 8.28. The van der Waals surface area contributed by atoms with Gasteiger partial charge in [-0.25, -0.2) is 0 Å². The highest BCUT2D eigenvalue weighted by Gasteiger charge is 2.44. The van der Waals surface area contributed by atoms with Gasteiger partial charge in [0.1, 0.15) is 36.6 Å². The number of carbonyl (C=O) groups excluding carboxylic acids is 1. The molecule has 9 atom stereocenters. The van der Waals surface area contributed by atoms with Gasteiger partial charge < -0.3 is 50.5 Å². The van der Waals surface area contributed by atoms with Crippen LogP contribution in [-0.2, 0) is 14.3 Å². The molecule has 376 valence electrons. The molecule has 1 saturated heterocycles. The molecule has 11 heteroatoms. The second-order valence-corrected chi connectivity index (χ2v) is 18.6. The highest BCUT2D eigenvalue weighted by atomic mass is 16.7. The first kappa shape index (κ1) is 60.3. The van der Waals surface area contributed by atoms with Crippen LogP contribution in [0.3, 0.4) is 0 Å². The van der Waals surface area contributed by atoms with Crippen molar-refractivity contribution in [3.05, 3.63) is 36.5 Å². The normalized spacial score (nSPS) is 21.3. The minimum Gasteiger partial charge on any atom is -0.394 e. The van der Waals surface area contributed by atoms with Gasteiger partial charge in [-0.15, -0.1) is 0 Å². The minimum atomic E-state index is -1.67. The van der Waals surface area contributed by atoms with E-state index in [1.54, 1.807) is 0 Å². The predicted molar refractivity (Wildman–Crippen MR) is 261 cm³/mol. The van der Waals surface area contributed by atoms with Crippen molar-refractivity contribution < 1.29 is 50.0 Å². The lowest BCUT2D eigenvalue weighted by atomic mass is 9.98. The maximum absolute atomic E-state index is 13.1. The molecule has 0 saturated carbocycles. The molecule has 1 amide bonds. The molecule has 0 aromatic heterocycles. The van der Waals surface area contributed by atoms with E-state index in [0.717, 1.165) is 57.8 Å². The van der Waals surface area contributed by atoms with Crippen molar-refractivity contribution in [3.63, 3.8) is 0 Å². The maximum atomic E-state index is 13.1. The van der Waals surface area contributed by atoms with Crippen molar-refractivity contribution in [1.29, 1.82) is 0 Å². The molecular weight excluding hydrogens is 811 g/mol. The maximum Gasteiger partial charge on any atom is 0.249 e. The summed E-state index contributed by atoms with van der Waals surface area (Å²) in [4.78, 5) is 13.1. The molecule has 1 fully saturated rings. The Morgan fingerprint density at radius 1 is 0.531 bits per heavy atom. The highest BCUT2D eigenvalue weighted by Crippen LogP contribution is 2.23. The zero-order valence-corrected chi connectivity index (χ0v) is 40.8. The molecule has 11 nitrogen and oxygen atoms in total. The zero-order chi connectivity index (χ0) is 46.9. The number of ether oxygens (including phenoxy) is 2. The van der Waals surface area contributed by atoms with Crippen molar-refractivity contribution in [3.8, 4) is 0 Å². The molecule has 0 spiro atoms. The van der Waals surface area contributed by atoms with Gasteiger partial charge in [0.25, 0.3) is 0 Å². The summed E-state index contributed by atoms with van der Waals surface area (Å²) in [6.07, 6.45) is 39.1. The number of amides is 1. The van der Waals surface area contributed by atoms with Crippen LogP contribution in [-0.4, -0.2) is 110 Å². The van der Waals surface area contributed by atoms with E-state index in [0.29, 0.717) is 19.3 Å². The second kappa shape index (κ2) is 42.7. The SMILES string of the molecule is CCCCCCCCC/C=C/CC/C=C/CCCC(O)C(O)C(COC1OC(CO)C(O)C(O)C1O)NC(=O)C(O)CCCCCCCC/C=C\CCCCCCCCCCCCC. The van der Waals surface area contributed by atoms with E-state index in [-0.39, 0.29) is 12.8 Å². The molecule has 1 aliphatic rings. The van der Waals surface area contributed by atoms with Crippen LogP contribution in [0, 0.1) is 0 Å². The van der Waals surface area contributed by atoms with Gasteiger partial charge in [0, 0.05) is 0 Å². The van der Waals surface area contributed by atoms with Crippen LogP contribution in [0.5, 0.6) is 0 Å². The molecule has 8 N–H and O–H groups in total. The largest absolute Gasteiger partial charge is 0.394 e. The molecule has 0 aliphatic carbocycles. The lowest BCUT2D eigenvalue weighted by Crippen LogP contribution is -2.60. The average molecular weight is 910 g/mol. The number of hydrogen-bond donors (Lipinski definition) is 8. The quantitative estimate of drug-likeness (QED) is 0.0216. The van der Waals surface area contributed by atoms with Crippen molar-refractivity contribution in [2.45, 2.75) is 281 Å². The van der Waals surface area contributed by atoms with E-state index < -0.39 is 74.2 Å². The fourth-order valence-electron chi connectivity index (χ4n) is 8.28. The third-order valence-electron chi connectivity index (χ3n) is 12.6. The molecular formula is C53H99NO10. The van der Waals surface area contributed by atoms with Gasteiger partial charge in [-0.2, -0.15) is 0 Å². The Hall–Kier alpha value is -1.67. The Balaban J connectivity index is 2.40. The van der Waals surface area contributed by atoms with Gasteiger partial charge in [0.15, 0.2) is 6.29 Å². The Morgan fingerprint density at radius 2 is 0.938 bits per heavy atom. The van der Waals surface area contributed by atoms with Crippen molar-refractivity contribution >= 4 is 5.91 Å². The molecule has 1 heterocycles. The van der Waals surface area contributed by atoms with E-state index in [9.17, 15) is 40.5 Å². The van der Waals surface area contributed by atoms with Gasteiger partial charge in [0.05, 0.1) is 25.4 Å². The number of allylic oxidation sites excluding steroid dienone is 6. The van der Waals surface area contributed by atoms with Gasteiger partial charge >= 0.3 is 0 Å². The molecule has 1 aliphatic heterocycles. The number of rotatable bonds is 44. The zero-order valence-electron chi connectivity index (χ0n) is 40.8. The highest BCUT2D eigenvalue weighted by molar-refractivity contribution is 5.80. The monoisotopic (exact) mass is 910 g/mol. The molecule has 0 bridgehead atoms. The molecule has 0 radical (unpaired) electrons. The molecule has 0 aromatic carbocycles. The summed E-state index contributed by atoms with van der Waals surface area (Å²) in [6.45, 7) is 3.43. The van der Waals surface area contributed by atoms with Crippen LogP contribution in [0.2, 0.25) is 0 Å². The van der Waals surface area contributed by atoms with E-state index in [4.69, 9.17) is 9.47 Å². The molecule has 64 heavy (non-hydrogen) atoms. The van der Waals surface area contributed by atoms with Crippen molar-refractivity contribution in [1.82, 2.24) is 5.32 Å². The third-order valence-corrected chi connectivity index (χ3v) is 12.6. The van der Waals surface area contributed by atoms with Crippen LogP contribution in [0.25, 0.3) is 0 Å². The predicted octanol–water partition coefficient (Wildman–Crippen LogP) is 9.95. The lowest BCUT2D eigenvalue weighted by molar-refractivity contribution is -0.303. The number of carbonyl (C=O) groups is 1. The van der Waals surface area contributed by atoms with Gasteiger partial charge in [-0.1, -0.05) is 185 Å². The first-order valence-electron chi connectivity index (χ1n) is 26.4. The van der Waals surface area contributed by atoms with Crippen molar-refractivity contribution in [2.24, 2.45) is 0 Å². The van der Waals surface area contributed by atoms with Gasteiger partial charge in [-0.05, 0) is 77.0 Å². The van der Waals surface area contributed by atoms with Crippen LogP contribution in [0.4, 0.5) is 0 Å². The summed E-state index contributed by atoms with van der Waals surface area (Å²) in [6, 6.07) is -1.19. The Kier molecular flexibility index (Phi) is 40.2. The van der Waals surface area contributed by atoms with Crippen LogP contribution in [0.15, 0.2) is 36.5 Å². The summed E-state index contributed by atoms with van der Waals surface area (Å²) < 4.78 is 11.1. The summed E-state index contributed by atoms with van der Waals surface area (Å²) in [5.41, 5.74) is 0. The lowest BCUT2D eigenvalue weighted by Gasteiger charge is -2.40. The number of hydrogen-bond acceptors (Lipinski definition) is 10. The number of nitrogens with one attached hydrogen (secondary N) is 1.